The molecule has 0 aromatic carbocycles. The molecule has 102 valence electrons. The van der Waals surface area contributed by atoms with E-state index in [4.69, 9.17) is 5.73 Å². The van der Waals surface area contributed by atoms with Crippen LogP contribution in [0.25, 0.3) is 0 Å². The fraction of sp³-hybridized carbons (Fsp3) is 0.692. The highest BCUT2D eigenvalue weighted by Gasteiger charge is 2.24. The lowest BCUT2D eigenvalue weighted by molar-refractivity contribution is -0.120. The summed E-state index contributed by atoms with van der Waals surface area (Å²) in [6.45, 7) is 10.6. The normalized spacial score (nSPS) is 13.4. The van der Waals surface area contributed by atoms with E-state index in [1.807, 2.05) is 13.8 Å². The Kier molecular flexibility index (Phi) is 4.87. The van der Waals surface area contributed by atoms with Gasteiger partial charge in [-0.3, -0.25) is 4.79 Å². The fourth-order valence-corrected chi connectivity index (χ4v) is 2.57. The lowest BCUT2D eigenvalue weighted by atomic mass is 9.84. The van der Waals surface area contributed by atoms with Gasteiger partial charge in [0.2, 0.25) is 5.91 Å². The summed E-state index contributed by atoms with van der Waals surface area (Å²) >= 11 is 1.50. The van der Waals surface area contributed by atoms with E-state index in [-0.39, 0.29) is 17.2 Å². The quantitative estimate of drug-likeness (QED) is 0.883. The number of thiazole rings is 1. The molecule has 0 spiro atoms. The Morgan fingerprint density at radius 3 is 2.44 bits per heavy atom. The molecular formula is C13H23N3OS. The van der Waals surface area contributed by atoms with Gasteiger partial charge in [-0.1, -0.05) is 20.8 Å². The van der Waals surface area contributed by atoms with Crippen LogP contribution in [0.3, 0.4) is 0 Å². The standard InChI is InChI=1S/C13H23N3OS/c1-8-9(2)18-12(15-8)16-11(17)10(7-14)6-13(3,4)5/h10H,6-7,14H2,1-5H3,(H,15,16,17). The topological polar surface area (TPSA) is 68.0 Å². The average Bonchev–Trinajstić information content (AvgIpc) is 2.53. The summed E-state index contributed by atoms with van der Waals surface area (Å²) in [6, 6.07) is 0. The van der Waals surface area contributed by atoms with Gasteiger partial charge in [0.15, 0.2) is 5.13 Å². The Morgan fingerprint density at radius 1 is 1.44 bits per heavy atom. The molecule has 1 unspecified atom stereocenters. The molecule has 0 fully saturated rings. The van der Waals surface area contributed by atoms with Gasteiger partial charge in [-0.05, 0) is 25.7 Å². The van der Waals surface area contributed by atoms with E-state index >= 15 is 0 Å². The minimum Gasteiger partial charge on any atom is -0.330 e. The molecule has 0 saturated carbocycles. The zero-order valence-corrected chi connectivity index (χ0v) is 12.6. The first kappa shape index (κ1) is 15.1. The van der Waals surface area contributed by atoms with Crippen molar-refractivity contribution in [3.05, 3.63) is 10.6 Å². The van der Waals surface area contributed by atoms with E-state index in [0.717, 1.165) is 17.0 Å². The minimum absolute atomic E-state index is 0.0267. The molecule has 0 aliphatic rings. The van der Waals surface area contributed by atoms with Crippen LogP contribution in [-0.2, 0) is 4.79 Å². The van der Waals surface area contributed by atoms with Crippen molar-refractivity contribution in [1.29, 1.82) is 0 Å². The number of aromatic nitrogens is 1. The van der Waals surface area contributed by atoms with Gasteiger partial charge in [-0.25, -0.2) is 4.98 Å². The second-order valence-corrected chi connectivity index (χ2v) is 7.05. The number of nitrogens with two attached hydrogens (primary N) is 1. The number of carbonyl (C=O) groups excluding carboxylic acids is 1. The van der Waals surface area contributed by atoms with E-state index in [2.05, 4.69) is 31.1 Å². The SMILES string of the molecule is Cc1nc(NC(=O)C(CN)CC(C)(C)C)sc1C. The van der Waals surface area contributed by atoms with Crippen LogP contribution in [0.2, 0.25) is 0 Å². The van der Waals surface area contributed by atoms with Crippen LogP contribution < -0.4 is 11.1 Å². The number of hydrogen-bond donors (Lipinski definition) is 2. The van der Waals surface area contributed by atoms with Crippen LogP contribution in [0, 0.1) is 25.2 Å². The summed E-state index contributed by atoms with van der Waals surface area (Å²) in [5.41, 5.74) is 6.75. The molecule has 1 aromatic rings. The number of carbonyl (C=O) groups is 1. The number of amides is 1. The number of nitrogens with one attached hydrogen (secondary N) is 1. The van der Waals surface area contributed by atoms with Crippen molar-refractivity contribution in [2.45, 2.75) is 41.0 Å². The smallest absolute Gasteiger partial charge is 0.230 e. The summed E-state index contributed by atoms with van der Waals surface area (Å²) in [4.78, 5) is 17.6. The molecule has 0 aliphatic carbocycles. The highest BCUT2D eigenvalue weighted by molar-refractivity contribution is 7.15. The van der Waals surface area contributed by atoms with Crippen molar-refractivity contribution in [1.82, 2.24) is 4.98 Å². The van der Waals surface area contributed by atoms with Crippen molar-refractivity contribution in [3.63, 3.8) is 0 Å². The van der Waals surface area contributed by atoms with Crippen molar-refractivity contribution in [3.8, 4) is 0 Å². The molecule has 4 nitrogen and oxygen atoms in total. The second-order valence-electron chi connectivity index (χ2n) is 5.85. The number of rotatable bonds is 4. The molecular weight excluding hydrogens is 246 g/mol. The Labute approximate surface area is 113 Å². The highest BCUT2D eigenvalue weighted by atomic mass is 32.1. The molecule has 0 radical (unpaired) electrons. The van der Waals surface area contributed by atoms with E-state index in [9.17, 15) is 4.79 Å². The third-order valence-electron chi connectivity index (χ3n) is 2.77. The first-order valence-electron chi connectivity index (χ1n) is 6.18. The lowest BCUT2D eigenvalue weighted by Gasteiger charge is -2.23. The van der Waals surface area contributed by atoms with Gasteiger partial charge < -0.3 is 11.1 Å². The van der Waals surface area contributed by atoms with E-state index < -0.39 is 0 Å². The first-order chi connectivity index (χ1) is 8.23. The summed E-state index contributed by atoms with van der Waals surface area (Å²) in [5, 5.41) is 3.53. The monoisotopic (exact) mass is 269 g/mol. The summed E-state index contributed by atoms with van der Waals surface area (Å²) in [5.74, 6) is -0.185. The Hall–Kier alpha value is -0.940. The number of anilines is 1. The van der Waals surface area contributed by atoms with E-state index in [1.54, 1.807) is 0 Å². The molecule has 0 bridgehead atoms. The maximum atomic E-state index is 12.1. The van der Waals surface area contributed by atoms with Gasteiger partial charge in [-0.15, -0.1) is 11.3 Å². The lowest BCUT2D eigenvalue weighted by Crippen LogP contribution is -2.32. The Bertz CT molecular complexity index is 401. The van der Waals surface area contributed by atoms with Crippen LogP contribution in [0.4, 0.5) is 5.13 Å². The zero-order chi connectivity index (χ0) is 13.9. The molecule has 18 heavy (non-hydrogen) atoms. The summed E-state index contributed by atoms with van der Waals surface area (Å²) in [6.07, 6.45) is 0.776. The number of aryl methyl sites for hydroxylation is 2. The predicted molar refractivity (Wildman–Crippen MR) is 76.8 cm³/mol. The molecule has 0 aliphatic heterocycles. The minimum atomic E-state index is -0.158. The molecule has 1 heterocycles. The summed E-state index contributed by atoms with van der Waals surface area (Å²) in [7, 11) is 0. The van der Waals surface area contributed by atoms with Crippen LogP contribution in [-0.4, -0.2) is 17.4 Å². The van der Waals surface area contributed by atoms with Crippen LogP contribution in [0.15, 0.2) is 0 Å². The molecule has 1 aromatic heterocycles. The molecule has 1 atom stereocenters. The van der Waals surface area contributed by atoms with Crippen LogP contribution >= 0.6 is 11.3 Å². The van der Waals surface area contributed by atoms with Gasteiger partial charge in [0, 0.05) is 11.4 Å². The Morgan fingerprint density at radius 2 is 2.06 bits per heavy atom. The first-order valence-corrected chi connectivity index (χ1v) is 6.99. The Balaban J connectivity index is 2.68. The van der Waals surface area contributed by atoms with E-state index in [0.29, 0.717) is 11.7 Å². The van der Waals surface area contributed by atoms with E-state index in [1.165, 1.54) is 11.3 Å². The van der Waals surface area contributed by atoms with Crippen molar-refractivity contribution < 1.29 is 4.79 Å². The van der Waals surface area contributed by atoms with Crippen molar-refractivity contribution in [2.24, 2.45) is 17.1 Å². The number of nitrogens with zero attached hydrogens (tertiary/aromatic N) is 1. The van der Waals surface area contributed by atoms with Gasteiger partial charge in [0.05, 0.1) is 11.6 Å². The molecule has 1 rings (SSSR count). The van der Waals surface area contributed by atoms with Crippen LogP contribution in [0.5, 0.6) is 0 Å². The second kappa shape index (κ2) is 5.80. The molecule has 0 saturated heterocycles. The fourth-order valence-electron chi connectivity index (χ4n) is 1.76. The van der Waals surface area contributed by atoms with Gasteiger partial charge >= 0.3 is 0 Å². The zero-order valence-electron chi connectivity index (χ0n) is 11.8. The maximum absolute atomic E-state index is 12.1. The van der Waals surface area contributed by atoms with Gasteiger partial charge in [0.25, 0.3) is 0 Å². The molecule has 3 N–H and O–H groups in total. The molecule has 5 heteroatoms. The number of hydrogen-bond acceptors (Lipinski definition) is 4. The van der Waals surface area contributed by atoms with Crippen molar-refractivity contribution in [2.75, 3.05) is 11.9 Å². The highest BCUT2D eigenvalue weighted by Crippen LogP contribution is 2.26. The molecule has 1 amide bonds. The van der Waals surface area contributed by atoms with Crippen molar-refractivity contribution >= 4 is 22.4 Å². The van der Waals surface area contributed by atoms with Gasteiger partial charge in [0.1, 0.15) is 0 Å². The third-order valence-corrected chi connectivity index (χ3v) is 3.76. The summed E-state index contributed by atoms with van der Waals surface area (Å²) < 4.78 is 0. The largest absolute Gasteiger partial charge is 0.330 e. The maximum Gasteiger partial charge on any atom is 0.230 e. The average molecular weight is 269 g/mol. The predicted octanol–water partition coefficient (Wildman–Crippen LogP) is 2.71. The van der Waals surface area contributed by atoms with Gasteiger partial charge in [-0.2, -0.15) is 0 Å². The third kappa shape index (κ3) is 4.38. The van der Waals surface area contributed by atoms with Crippen LogP contribution in [0.1, 0.15) is 37.8 Å².